The second kappa shape index (κ2) is 5.59. The second-order valence-corrected chi connectivity index (χ2v) is 4.62. The highest BCUT2D eigenvalue weighted by atomic mass is 16.5. The maximum absolute atomic E-state index is 11.6. The molecule has 1 aromatic carbocycles. The molecule has 1 atom stereocenters. The first kappa shape index (κ1) is 14.5. The number of methoxy groups -OCH3 is 1. The third kappa shape index (κ3) is 2.54. The fraction of sp³-hybridized carbons (Fsp3) is 0.200. The van der Waals surface area contributed by atoms with E-state index in [0.717, 1.165) is 0 Å². The van der Waals surface area contributed by atoms with Gasteiger partial charge in [-0.1, -0.05) is 12.1 Å². The molecule has 0 amide bonds. The number of nitrogens with one attached hydrogen (secondary N) is 1. The number of aliphatic carboxylic acids is 1. The maximum atomic E-state index is 11.6. The van der Waals surface area contributed by atoms with Crippen molar-refractivity contribution >= 4 is 5.97 Å². The van der Waals surface area contributed by atoms with E-state index >= 15 is 0 Å². The van der Waals surface area contributed by atoms with Crippen LogP contribution in [0.1, 0.15) is 18.4 Å². The van der Waals surface area contributed by atoms with Gasteiger partial charge in [-0.3, -0.25) is 0 Å². The Labute approximate surface area is 122 Å². The minimum atomic E-state index is -1.09. The summed E-state index contributed by atoms with van der Waals surface area (Å²) in [5.74, 6) is -1.05. The van der Waals surface area contributed by atoms with Gasteiger partial charge in [0.2, 0.25) is 0 Å². The van der Waals surface area contributed by atoms with Crippen molar-refractivity contribution in [2.75, 3.05) is 7.11 Å². The highest BCUT2D eigenvalue weighted by molar-refractivity contribution is 5.91. The van der Waals surface area contributed by atoms with Crippen molar-refractivity contribution in [1.29, 1.82) is 5.26 Å². The van der Waals surface area contributed by atoms with Gasteiger partial charge in [0.25, 0.3) is 0 Å². The van der Waals surface area contributed by atoms with Crippen LogP contribution in [0.4, 0.5) is 0 Å². The molecule has 0 fully saturated rings. The summed E-state index contributed by atoms with van der Waals surface area (Å²) in [6.45, 7) is 1.62. The van der Waals surface area contributed by atoms with E-state index in [4.69, 9.17) is 10.5 Å². The van der Waals surface area contributed by atoms with E-state index in [2.05, 4.69) is 5.32 Å². The van der Waals surface area contributed by atoms with Gasteiger partial charge in [-0.25, -0.2) is 4.79 Å². The molecule has 2 rings (SSSR count). The molecule has 4 N–H and O–H groups in total. The van der Waals surface area contributed by atoms with Gasteiger partial charge in [-0.05, 0) is 24.6 Å². The third-order valence-corrected chi connectivity index (χ3v) is 3.37. The molecule has 6 heteroatoms. The molecule has 0 radical (unpaired) electrons. The molecule has 0 aromatic heterocycles. The molecule has 1 aliphatic rings. The molecule has 0 spiro atoms. The molecule has 0 bridgehead atoms. The number of hydrogen-bond donors (Lipinski definition) is 3. The number of rotatable bonds is 3. The van der Waals surface area contributed by atoms with E-state index in [1.54, 1.807) is 31.2 Å². The fourth-order valence-electron chi connectivity index (χ4n) is 2.42. The van der Waals surface area contributed by atoms with Gasteiger partial charge in [0.15, 0.2) is 0 Å². The Morgan fingerprint density at radius 3 is 2.81 bits per heavy atom. The topological polar surface area (TPSA) is 108 Å². The SMILES string of the molecule is COc1cccc(C2C(C#N)=C(N)NC(C)=C2C(=O)O)c1. The molecule has 0 saturated heterocycles. The van der Waals surface area contributed by atoms with Gasteiger partial charge in [0.1, 0.15) is 11.6 Å². The smallest absolute Gasteiger partial charge is 0.334 e. The van der Waals surface area contributed by atoms with Crippen LogP contribution in [0.2, 0.25) is 0 Å². The summed E-state index contributed by atoms with van der Waals surface area (Å²) in [6, 6.07) is 8.95. The van der Waals surface area contributed by atoms with Gasteiger partial charge < -0.3 is 20.9 Å². The standard InChI is InChI=1S/C15H15N3O3/c1-8-12(15(19)20)13(11(7-16)14(17)18-8)9-4-3-5-10(6-9)21-2/h3-6,13,18H,17H2,1-2H3,(H,19,20). The molecule has 1 unspecified atom stereocenters. The summed E-state index contributed by atoms with van der Waals surface area (Å²) in [5, 5.41) is 21.5. The van der Waals surface area contributed by atoms with Crippen molar-refractivity contribution < 1.29 is 14.6 Å². The predicted octanol–water partition coefficient (Wildman–Crippen LogP) is 1.43. The number of dihydropyridines is 1. The summed E-state index contributed by atoms with van der Waals surface area (Å²) >= 11 is 0. The van der Waals surface area contributed by atoms with Crippen LogP contribution in [0.5, 0.6) is 5.75 Å². The highest BCUT2D eigenvalue weighted by Crippen LogP contribution is 2.37. The van der Waals surface area contributed by atoms with Gasteiger partial charge in [-0.15, -0.1) is 0 Å². The Morgan fingerprint density at radius 2 is 2.24 bits per heavy atom. The van der Waals surface area contributed by atoms with Crippen LogP contribution in [-0.2, 0) is 4.79 Å². The van der Waals surface area contributed by atoms with Crippen LogP contribution in [0, 0.1) is 11.3 Å². The van der Waals surface area contributed by atoms with E-state index < -0.39 is 11.9 Å². The number of carbonyl (C=O) groups is 1. The molecular formula is C15H15N3O3. The first-order chi connectivity index (χ1) is 9.99. The number of benzene rings is 1. The molecule has 108 valence electrons. The number of carboxylic acids is 1. The second-order valence-electron chi connectivity index (χ2n) is 4.62. The van der Waals surface area contributed by atoms with Gasteiger partial charge in [0.05, 0.1) is 30.2 Å². The molecular weight excluding hydrogens is 270 g/mol. The lowest BCUT2D eigenvalue weighted by molar-refractivity contribution is -0.133. The predicted molar refractivity (Wildman–Crippen MR) is 76.0 cm³/mol. The van der Waals surface area contributed by atoms with Crippen LogP contribution in [0.25, 0.3) is 0 Å². The maximum Gasteiger partial charge on any atom is 0.334 e. The van der Waals surface area contributed by atoms with Crippen molar-refractivity contribution in [3.05, 3.63) is 52.5 Å². The van der Waals surface area contributed by atoms with Crippen molar-refractivity contribution in [3.63, 3.8) is 0 Å². The summed E-state index contributed by atoms with van der Waals surface area (Å²) in [5.41, 5.74) is 7.19. The van der Waals surface area contributed by atoms with Crippen LogP contribution in [0.3, 0.4) is 0 Å². The zero-order chi connectivity index (χ0) is 15.6. The lowest BCUT2D eigenvalue weighted by atomic mass is 9.82. The van der Waals surface area contributed by atoms with E-state index in [0.29, 0.717) is 17.0 Å². The van der Waals surface area contributed by atoms with Crippen LogP contribution < -0.4 is 15.8 Å². The molecule has 21 heavy (non-hydrogen) atoms. The normalized spacial score (nSPS) is 18.0. The monoisotopic (exact) mass is 285 g/mol. The largest absolute Gasteiger partial charge is 0.497 e. The van der Waals surface area contributed by atoms with Crippen molar-refractivity contribution in [3.8, 4) is 11.8 Å². The quantitative estimate of drug-likeness (QED) is 0.775. The summed E-state index contributed by atoms with van der Waals surface area (Å²) in [4.78, 5) is 11.6. The Balaban J connectivity index is 2.65. The lowest BCUT2D eigenvalue weighted by Crippen LogP contribution is -2.32. The number of nitrogens with two attached hydrogens (primary N) is 1. The van der Waals surface area contributed by atoms with E-state index in [1.807, 2.05) is 6.07 Å². The minimum absolute atomic E-state index is 0.106. The van der Waals surface area contributed by atoms with E-state index in [1.165, 1.54) is 7.11 Å². The Kier molecular flexibility index (Phi) is 3.85. The number of nitrogens with zero attached hydrogens (tertiary/aromatic N) is 1. The van der Waals surface area contributed by atoms with Crippen LogP contribution in [0.15, 0.2) is 46.9 Å². The fourth-order valence-corrected chi connectivity index (χ4v) is 2.42. The number of allylic oxidation sites excluding steroid dienone is 2. The average molecular weight is 285 g/mol. The van der Waals surface area contributed by atoms with Crippen molar-refractivity contribution in [2.45, 2.75) is 12.8 Å². The van der Waals surface area contributed by atoms with Gasteiger partial charge >= 0.3 is 5.97 Å². The van der Waals surface area contributed by atoms with Gasteiger partial charge in [0, 0.05) is 5.70 Å². The Morgan fingerprint density at radius 1 is 1.52 bits per heavy atom. The highest BCUT2D eigenvalue weighted by Gasteiger charge is 2.33. The van der Waals surface area contributed by atoms with Crippen molar-refractivity contribution in [2.24, 2.45) is 5.73 Å². The van der Waals surface area contributed by atoms with E-state index in [9.17, 15) is 15.2 Å². The summed E-state index contributed by atoms with van der Waals surface area (Å²) in [6.07, 6.45) is 0. The number of carboxylic acid groups (broad SMARTS) is 1. The molecule has 1 aromatic rings. The van der Waals surface area contributed by atoms with E-state index in [-0.39, 0.29) is 17.0 Å². The lowest BCUT2D eigenvalue weighted by Gasteiger charge is -2.27. The molecule has 1 heterocycles. The minimum Gasteiger partial charge on any atom is -0.497 e. The van der Waals surface area contributed by atoms with Crippen LogP contribution in [-0.4, -0.2) is 18.2 Å². The molecule has 1 aliphatic heterocycles. The first-order valence-electron chi connectivity index (χ1n) is 6.24. The number of nitriles is 1. The third-order valence-electron chi connectivity index (χ3n) is 3.37. The summed E-state index contributed by atoms with van der Waals surface area (Å²) in [7, 11) is 1.52. The average Bonchev–Trinajstić information content (AvgIpc) is 2.46. The van der Waals surface area contributed by atoms with Crippen LogP contribution >= 0.6 is 0 Å². The van der Waals surface area contributed by atoms with Crippen molar-refractivity contribution in [1.82, 2.24) is 5.32 Å². The molecule has 6 nitrogen and oxygen atoms in total. The Hall–Kier alpha value is -2.94. The Bertz CT molecular complexity index is 698. The number of ether oxygens (including phenoxy) is 1. The molecule has 0 saturated carbocycles. The zero-order valence-corrected chi connectivity index (χ0v) is 11.7. The molecule has 0 aliphatic carbocycles. The zero-order valence-electron chi connectivity index (χ0n) is 11.7. The van der Waals surface area contributed by atoms with Gasteiger partial charge in [-0.2, -0.15) is 5.26 Å². The number of hydrogen-bond acceptors (Lipinski definition) is 5. The first-order valence-corrected chi connectivity index (χ1v) is 6.24. The summed E-state index contributed by atoms with van der Waals surface area (Å²) < 4.78 is 5.15.